The number of carbonyl (C=O) groups is 1. The molecule has 0 N–H and O–H groups in total. The summed E-state index contributed by atoms with van der Waals surface area (Å²) in [7, 11) is 0. The molecular weight excluding hydrogens is 262 g/mol. The van der Waals surface area contributed by atoms with E-state index in [0.29, 0.717) is 16.4 Å². The van der Waals surface area contributed by atoms with Crippen molar-refractivity contribution in [2.75, 3.05) is 0 Å². The topological polar surface area (TPSA) is 47.8 Å². The number of aryl methyl sites for hydroxylation is 1. The molecule has 0 amide bonds. The summed E-state index contributed by atoms with van der Waals surface area (Å²) >= 11 is 6.04. The van der Waals surface area contributed by atoms with E-state index in [-0.39, 0.29) is 12.2 Å². The minimum Gasteiger partial charge on any atom is -0.294 e. The predicted molar refractivity (Wildman–Crippen MR) is 74.5 cm³/mol. The first-order valence-electron chi connectivity index (χ1n) is 6.28. The average molecular weight is 278 g/mol. The Kier molecular flexibility index (Phi) is 4.32. The highest BCUT2D eigenvalue weighted by atomic mass is 35.5. The summed E-state index contributed by atoms with van der Waals surface area (Å²) in [6.45, 7) is 4.69. The third-order valence-electron chi connectivity index (χ3n) is 3.02. The molecule has 0 saturated heterocycles. The largest absolute Gasteiger partial charge is 0.294 e. The highest BCUT2D eigenvalue weighted by Gasteiger charge is 2.14. The minimum absolute atomic E-state index is 0.0188. The van der Waals surface area contributed by atoms with E-state index in [2.05, 4.69) is 17.0 Å². The van der Waals surface area contributed by atoms with E-state index in [1.807, 2.05) is 6.92 Å². The van der Waals surface area contributed by atoms with Gasteiger partial charge in [0.25, 0.3) is 0 Å². The van der Waals surface area contributed by atoms with Gasteiger partial charge in [-0.3, -0.25) is 4.79 Å². The summed E-state index contributed by atoms with van der Waals surface area (Å²) in [5.74, 6) is 0.719. The number of Topliss-reactive ketones (excluding diaryl/α,β-unsaturated/α-hetero) is 1. The van der Waals surface area contributed by atoms with Crippen molar-refractivity contribution in [2.45, 2.75) is 33.2 Å². The van der Waals surface area contributed by atoms with Crippen molar-refractivity contribution >= 4 is 17.4 Å². The molecule has 0 atom stereocenters. The van der Waals surface area contributed by atoms with E-state index in [4.69, 9.17) is 11.6 Å². The van der Waals surface area contributed by atoms with Gasteiger partial charge in [0.15, 0.2) is 5.78 Å². The number of halogens is 1. The van der Waals surface area contributed by atoms with Crippen LogP contribution >= 0.6 is 11.6 Å². The van der Waals surface area contributed by atoms with E-state index in [0.717, 1.165) is 18.5 Å². The molecular formula is C14H16ClN3O. The van der Waals surface area contributed by atoms with Gasteiger partial charge < -0.3 is 0 Å². The van der Waals surface area contributed by atoms with E-state index >= 15 is 0 Å². The Morgan fingerprint density at radius 3 is 2.95 bits per heavy atom. The van der Waals surface area contributed by atoms with Crippen molar-refractivity contribution in [3.05, 3.63) is 46.5 Å². The van der Waals surface area contributed by atoms with Crippen LogP contribution < -0.4 is 0 Å². The van der Waals surface area contributed by atoms with Gasteiger partial charge in [-0.25, -0.2) is 9.67 Å². The van der Waals surface area contributed by atoms with Gasteiger partial charge in [0.2, 0.25) is 0 Å². The maximum atomic E-state index is 12.3. The minimum atomic E-state index is 0.0188. The number of nitrogens with zero attached hydrogens (tertiary/aromatic N) is 3. The number of hydrogen-bond acceptors (Lipinski definition) is 3. The maximum absolute atomic E-state index is 12.3. The molecule has 0 aliphatic rings. The standard InChI is InChI=1S/C14H16ClN3O/c1-3-7-18-14(16-9-17-18)8-13(19)11-5-4-6-12(15)10(11)2/h4-6,9H,3,7-8H2,1-2H3. The molecule has 0 fully saturated rings. The van der Waals surface area contributed by atoms with Gasteiger partial charge in [0.1, 0.15) is 12.2 Å². The molecule has 5 heteroatoms. The SMILES string of the molecule is CCCn1ncnc1CC(=O)c1cccc(Cl)c1C. The Balaban J connectivity index is 2.21. The Hall–Kier alpha value is -1.68. The second-order valence-corrected chi connectivity index (χ2v) is 4.82. The lowest BCUT2D eigenvalue weighted by Crippen LogP contribution is -2.12. The van der Waals surface area contributed by atoms with E-state index in [9.17, 15) is 4.79 Å². The number of carbonyl (C=O) groups excluding carboxylic acids is 1. The van der Waals surface area contributed by atoms with Crippen LogP contribution in [0.3, 0.4) is 0 Å². The van der Waals surface area contributed by atoms with Gasteiger partial charge in [0.05, 0.1) is 6.42 Å². The highest BCUT2D eigenvalue weighted by Crippen LogP contribution is 2.20. The van der Waals surface area contributed by atoms with Crippen LogP contribution in [0.4, 0.5) is 0 Å². The molecule has 0 radical (unpaired) electrons. The maximum Gasteiger partial charge on any atom is 0.170 e. The van der Waals surface area contributed by atoms with Crippen LogP contribution in [0.1, 0.15) is 35.1 Å². The van der Waals surface area contributed by atoms with Crippen LogP contribution in [-0.4, -0.2) is 20.5 Å². The molecule has 19 heavy (non-hydrogen) atoms. The van der Waals surface area contributed by atoms with Gasteiger partial charge in [-0.15, -0.1) is 0 Å². The second kappa shape index (κ2) is 5.97. The molecule has 1 aromatic heterocycles. The number of rotatable bonds is 5. The zero-order valence-corrected chi connectivity index (χ0v) is 11.8. The van der Waals surface area contributed by atoms with E-state index in [1.54, 1.807) is 22.9 Å². The first kappa shape index (κ1) is 13.7. The van der Waals surface area contributed by atoms with Crippen LogP contribution in [0.5, 0.6) is 0 Å². The third kappa shape index (κ3) is 3.01. The van der Waals surface area contributed by atoms with E-state index in [1.165, 1.54) is 6.33 Å². The fourth-order valence-electron chi connectivity index (χ4n) is 1.97. The van der Waals surface area contributed by atoms with Gasteiger partial charge in [0, 0.05) is 17.1 Å². The summed E-state index contributed by atoms with van der Waals surface area (Å²) in [4.78, 5) is 16.5. The van der Waals surface area contributed by atoms with Gasteiger partial charge in [-0.05, 0) is 25.0 Å². The molecule has 0 bridgehead atoms. The van der Waals surface area contributed by atoms with Crippen LogP contribution in [0.15, 0.2) is 24.5 Å². The van der Waals surface area contributed by atoms with Gasteiger partial charge in [-0.2, -0.15) is 5.10 Å². The Labute approximate surface area is 117 Å². The summed E-state index contributed by atoms with van der Waals surface area (Å²) in [5, 5.41) is 4.73. The monoisotopic (exact) mass is 277 g/mol. The predicted octanol–water partition coefficient (Wildman–Crippen LogP) is 3.08. The van der Waals surface area contributed by atoms with Crippen molar-refractivity contribution < 1.29 is 4.79 Å². The van der Waals surface area contributed by atoms with Crippen molar-refractivity contribution in [3.8, 4) is 0 Å². The van der Waals surface area contributed by atoms with Crippen molar-refractivity contribution in [2.24, 2.45) is 0 Å². The number of hydrogen-bond donors (Lipinski definition) is 0. The zero-order chi connectivity index (χ0) is 13.8. The summed E-state index contributed by atoms with van der Waals surface area (Å²) in [6.07, 6.45) is 2.70. The molecule has 1 aromatic carbocycles. The van der Waals surface area contributed by atoms with E-state index < -0.39 is 0 Å². The Morgan fingerprint density at radius 2 is 2.21 bits per heavy atom. The molecule has 0 unspecified atom stereocenters. The first-order chi connectivity index (χ1) is 9.13. The van der Waals surface area contributed by atoms with Gasteiger partial charge in [-0.1, -0.05) is 30.7 Å². The van der Waals surface area contributed by atoms with Crippen LogP contribution in [0, 0.1) is 6.92 Å². The van der Waals surface area contributed by atoms with Crippen molar-refractivity contribution in [3.63, 3.8) is 0 Å². The van der Waals surface area contributed by atoms with Gasteiger partial charge >= 0.3 is 0 Å². The molecule has 100 valence electrons. The Morgan fingerprint density at radius 1 is 1.42 bits per heavy atom. The molecule has 2 aromatic rings. The molecule has 0 aliphatic heterocycles. The van der Waals surface area contributed by atoms with Crippen molar-refractivity contribution in [1.82, 2.24) is 14.8 Å². The normalized spacial score (nSPS) is 10.7. The second-order valence-electron chi connectivity index (χ2n) is 4.41. The zero-order valence-electron chi connectivity index (χ0n) is 11.1. The fraction of sp³-hybridized carbons (Fsp3) is 0.357. The summed E-state index contributed by atoms with van der Waals surface area (Å²) in [5.41, 5.74) is 1.47. The average Bonchev–Trinajstić information content (AvgIpc) is 2.80. The highest BCUT2D eigenvalue weighted by molar-refractivity contribution is 6.31. The fourth-order valence-corrected chi connectivity index (χ4v) is 2.15. The lowest BCUT2D eigenvalue weighted by Gasteiger charge is -2.07. The molecule has 2 rings (SSSR count). The van der Waals surface area contributed by atoms with Crippen LogP contribution in [0.2, 0.25) is 5.02 Å². The number of benzene rings is 1. The quantitative estimate of drug-likeness (QED) is 0.789. The number of aromatic nitrogens is 3. The smallest absolute Gasteiger partial charge is 0.170 e. The molecule has 1 heterocycles. The Bertz CT molecular complexity index is 592. The van der Waals surface area contributed by atoms with Crippen LogP contribution in [-0.2, 0) is 13.0 Å². The lowest BCUT2D eigenvalue weighted by atomic mass is 10.0. The molecule has 4 nitrogen and oxygen atoms in total. The number of ketones is 1. The third-order valence-corrected chi connectivity index (χ3v) is 3.43. The molecule has 0 spiro atoms. The lowest BCUT2D eigenvalue weighted by molar-refractivity contribution is 0.0988. The summed E-state index contributed by atoms with van der Waals surface area (Å²) < 4.78 is 1.78. The van der Waals surface area contributed by atoms with Crippen LogP contribution in [0.25, 0.3) is 0 Å². The van der Waals surface area contributed by atoms with Crippen molar-refractivity contribution in [1.29, 1.82) is 0 Å². The summed E-state index contributed by atoms with van der Waals surface area (Å²) in [6, 6.07) is 5.37. The first-order valence-corrected chi connectivity index (χ1v) is 6.66. The molecule has 0 aliphatic carbocycles. The molecule has 0 saturated carbocycles.